The van der Waals surface area contributed by atoms with E-state index in [0.717, 1.165) is 83.1 Å². The number of aryl methyl sites for hydroxylation is 1. The molecule has 6 rings (SSSR count). The van der Waals surface area contributed by atoms with Crippen LogP contribution in [0.2, 0.25) is 0 Å². The zero-order valence-electron chi connectivity index (χ0n) is 25.2. The fraction of sp³-hybridized carbons (Fsp3) is 0.613. The van der Waals surface area contributed by atoms with Crippen molar-refractivity contribution in [1.82, 2.24) is 14.7 Å². The number of benzene rings is 1. The number of allylic oxidation sites excluding steroid dienone is 1. The van der Waals surface area contributed by atoms with Gasteiger partial charge in [-0.25, -0.2) is 0 Å². The average Bonchev–Trinajstić information content (AvgIpc) is 3.83. The predicted octanol–water partition coefficient (Wildman–Crippen LogP) is 1.71. The molecular formula is C31H46N3O7Sb. The summed E-state index contributed by atoms with van der Waals surface area (Å²) in [5.74, 6) is 1.70. The first-order valence-electron chi connectivity index (χ1n) is 15.0. The van der Waals surface area contributed by atoms with Crippen molar-refractivity contribution in [2.45, 2.75) is 46.1 Å². The van der Waals surface area contributed by atoms with Crippen molar-refractivity contribution in [3.63, 3.8) is 0 Å². The molecule has 0 N–H and O–H groups in total. The van der Waals surface area contributed by atoms with Gasteiger partial charge in [0, 0.05) is 52.0 Å². The molecule has 0 radical (unpaired) electrons. The molecule has 5 aliphatic rings. The number of rotatable bonds is 16. The van der Waals surface area contributed by atoms with Crippen LogP contribution >= 0.6 is 0 Å². The molecule has 1 aromatic rings. The average molecular weight is 694 g/mol. The molecule has 0 aromatic heterocycles. The second kappa shape index (κ2) is 16.0. The minimum absolute atomic E-state index is 0. The molecule has 0 unspecified atom stereocenters. The first kappa shape index (κ1) is 32.6. The van der Waals surface area contributed by atoms with Crippen LogP contribution in [0.1, 0.15) is 44.2 Å². The van der Waals surface area contributed by atoms with Crippen LogP contribution in [0.15, 0.2) is 35.3 Å². The van der Waals surface area contributed by atoms with E-state index in [1.165, 1.54) is 17.2 Å². The van der Waals surface area contributed by atoms with Gasteiger partial charge in [0.25, 0.3) is 0 Å². The topological polar surface area (TPSA) is 89.3 Å². The van der Waals surface area contributed by atoms with E-state index in [0.29, 0.717) is 56.9 Å². The number of carbonyl (C=O) groups excluding carboxylic acids is 2. The normalized spacial score (nSPS) is 18.0. The van der Waals surface area contributed by atoms with E-state index >= 15 is 0 Å². The summed E-state index contributed by atoms with van der Waals surface area (Å²) < 4.78 is 27.6. The third kappa shape index (κ3) is 8.88. The van der Waals surface area contributed by atoms with Crippen molar-refractivity contribution in [3.05, 3.63) is 46.4 Å². The Kier molecular flexibility index (Phi) is 12.4. The standard InChI is InChI=1S/C19H30O5.C12H13N3O2.Sb.3H/c1-3-5-7-20-8-9-21-10-11-22-14-17-13-19-18(23-15-24-19)12-16(17)6-4-2;16-9-7-8(13-1-2-13)12(17)11(15-5-6-15)10(9)14-3-4-14;;;;/h12-13H,3-11,14-15H2,1-2H3;7H,1-6H2;;;;. The summed E-state index contributed by atoms with van der Waals surface area (Å²) >= 11 is 0. The van der Waals surface area contributed by atoms with Crippen molar-refractivity contribution in [1.29, 1.82) is 0 Å². The summed E-state index contributed by atoms with van der Waals surface area (Å²) in [6, 6.07) is 4.12. The second-order valence-electron chi connectivity index (χ2n) is 10.7. The van der Waals surface area contributed by atoms with Gasteiger partial charge >= 0.3 is 24.4 Å². The number of nitrogens with zero attached hydrogens (tertiary/aromatic N) is 3. The van der Waals surface area contributed by atoms with Crippen LogP contribution < -0.4 is 9.47 Å². The Labute approximate surface area is 266 Å². The van der Waals surface area contributed by atoms with E-state index in [1.807, 2.05) is 20.8 Å². The number of ketones is 2. The number of carbonyl (C=O) groups is 2. The van der Waals surface area contributed by atoms with Gasteiger partial charge in [0.15, 0.2) is 11.5 Å². The van der Waals surface area contributed by atoms with Gasteiger partial charge < -0.3 is 38.4 Å². The van der Waals surface area contributed by atoms with Crippen LogP contribution in [-0.4, -0.2) is 130 Å². The van der Waals surface area contributed by atoms with Crippen LogP contribution in [0.5, 0.6) is 11.5 Å². The Morgan fingerprint density at radius 2 is 1.29 bits per heavy atom. The Hall–Kier alpha value is -2.26. The van der Waals surface area contributed by atoms with Crippen molar-refractivity contribution in [2.24, 2.45) is 0 Å². The van der Waals surface area contributed by atoms with E-state index in [-0.39, 0.29) is 36.0 Å². The summed E-state index contributed by atoms with van der Waals surface area (Å²) in [5, 5.41) is 0. The molecule has 0 amide bonds. The Morgan fingerprint density at radius 1 is 0.714 bits per heavy atom. The molecule has 4 aliphatic heterocycles. The molecule has 11 heteroatoms. The van der Waals surface area contributed by atoms with Crippen molar-refractivity contribution in [3.8, 4) is 11.5 Å². The van der Waals surface area contributed by atoms with Gasteiger partial charge in [-0.15, -0.1) is 0 Å². The summed E-state index contributed by atoms with van der Waals surface area (Å²) in [5.41, 5.74) is 4.33. The molecule has 0 atom stereocenters. The number of Topliss-reactive ketones (excluding diaryl/α,β-unsaturated/α-hetero) is 1. The minimum atomic E-state index is 0. The van der Waals surface area contributed by atoms with E-state index in [1.54, 1.807) is 0 Å². The van der Waals surface area contributed by atoms with Gasteiger partial charge in [-0.1, -0.05) is 26.7 Å². The zero-order valence-corrected chi connectivity index (χ0v) is 29.2. The first-order valence-corrected chi connectivity index (χ1v) is 15.0. The number of hydrogen-bond donors (Lipinski definition) is 0. The SMILES string of the molecule is CCCCOCCOCCOCc1cc2c(cc1CCC)OCO2.O=C1C=C(N2CC2)C(=O)C(N2CC2)=C1N1CC1.[SbH3]. The first-order chi connectivity index (χ1) is 20.1. The van der Waals surface area contributed by atoms with Crippen LogP contribution in [0.25, 0.3) is 0 Å². The molecule has 0 bridgehead atoms. The van der Waals surface area contributed by atoms with Crippen molar-refractivity contribution in [2.75, 3.05) is 79.1 Å². The Morgan fingerprint density at radius 3 is 1.88 bits per heavy atom. The zero-order chi connectivity index (χ0) is 28.6. The Balaban J connectivity index is 0.000000197. The summed E-state index contributed by atoms with van der Waals surface area (Å²) in [6.07, 6.45) is 5.90. The molecule has 3 saturated heterocycles. The van der Waals surface area contributed by atoms with Gasteiger partial charge in [0.1, 0.15) is 11.4 Å². The Bertz CT molecular complexity index is 1160. The number of hydrogen-bond acceptors (Lipinski definition) is 10. The fourth-order valence-corrected chi connectivity index (χ4v) is 4.81. The quantitative estimate of drug-likeness (QED) is 0.110. The molecule has 4 heterocycles. The molecule has 42 heavy (non-hydrogen) atoms. The maximum absolute atomic E-state index is 12.4. The van der Waals surface area contributed by atoms with Gasteiger partial charge in [0.2, 0.25) is 18.4 Å². The fourth-order valence-electron chi connectivity index (χ4n) is 4.81. The number of fused-ring (bicyclic) bond motifs is 1. The molecular weight excluding hydrogens is 648 g/mol. The second-order valence-corrected chi connectivity index (χ2v) is 10.7. The van der Waals surface area contributed by atoms with E-state index in [4.69, 9.17) is 23.7 Å². The van der Waals surface area contributed by atoms with E-state index < -0.39 is 0 Å². The third-order valence-electron chi connectivity index (χ3n) is 7.35. The number of unbranched alkanes of at least 4 members (excludes halogenated alkanes) is 1. The molecule has 1 aromatic carbocycles. The van der Waals surface area contributed by atoms with Crippen LogP contribution in [0.4, 0.5) is 0 Å². The summed E-state index contributed by atoms with van der Waals surface area (Å²) in [6.45, 7) is 13.9. The van der Waals surface area contributed by atoms with E-state index in [9.17, 15) is 9.59 Å². The molecule has 0 saturated carbocycles. The molecule has 10 nitrogen and oxygen atoms in total. The van der Waals surface area contributed by atoms with Gasteiger partial charge in [-0.2, -0.15) is 0 Å². The van der Waals surface area contributed by atoms with Crippen LogP contribution in [0.3, 0.4) is 0 Å². The molecule has 3 fully saturated rings. The van der Waals surface area contributed by atoms with Crippen molar-refractivity contribution >= 4 is 36.0 Å². The van der Waals surface area contributed by atoms with E-state index in [2.05, 4.69) is 19.9 Å². The van der Waals surface area contributed by atoms with Gasteiger partial charge in [-0.3, -0.25) is 9.59 Å². The molecule has 232 valence electrons. The van der Waals surface area contributed by atoms with Gasteiger partial charge in [0.05, 0.1) is 38.7 Å². The molecule has 0 spiro atoms. The van der Waals surface area contributed by atoms with Crippen LogP contribution in [-0.2, 0) is 36.8 Å². The third-order valence-corrected chi connectivity index (χ3v) is 7.35. The maximum atomic E-state index is 12.4. The molecule has 1 aliphatic carbocycles. The van der Waals surface area contributed by atoms with Gasteiger partial charge in [-0.05, 0) is 36.1 Å². The summed E-state index contributed by atoms with van der Waals surface area (Å²) in [4.78, 5) is 30.5. The number of ether oxygens (including phenoxy) is 5. The van der Waals surface area contributed by atoms with Crippen molar-refractivity contribution < 1.29 is 33.3 Å². The summed E-state index contributed by atoms with van der Waals surface area (Å²) in [7, 11) is 0. The van der Waals surface area contributed by atoms with Crippen LogP contribution in [0, 0.1) is 0 Å². The monoisotopic (exact) mass is 693 g/mol. The predicted molar refractivity (Wildman–Crippen MR) is 163 cm³/mol.